The first kappa shape index (κ1) is 25.1. The van der Waals surface area contributed by atoms with Gasteiger partial charge in [0.1, 0.15) is 5.75 Å². The smallest absolute Gasteiger partial charge is 0.338 e. The van der Waals surface area contributed by atoms with E-state index in [-0.39, 0.29) is 29.7 Å². The van der Waals surface area contributed by atoms with Crippen molar-refractivity contribution in [1.29, 1.82) is 5.26 Å². The second-order valence-electron chi connectivity index (χ2n) is 8.00. The van der Waals surface area contributed by atoms with Crippen LogP contribution in [0.2, 0.25) is 0 Å². The van der Waals surface area contributed by atoms with Crippen molar-refractivity contribution < 1.29 is 28.7 Å². The number of hydrogen-bond donors (Lipinski definition) is 0. The minimum atomic E-state index is -0.816. The molecule has 0 spiro atoms. The van der Waals surface area contributed by atoms with Crippen molar-refractivity contribution in [2.24, 2.45) is 0 Å². The molecule has 0 aliphatic carbocycles. The number of hydrogen-bond acceptors (Lipinski definition) is 7. The van der Waals surface area contributed by atoms with Crippen molar-refractivity contribution in [1.82, 2.24) is 0 Å². The molecule has 37 heavy (non-hydrogen) atoms. The molecule has 1 heterocycles. The van der Waals surface area contributed by atoms with Crippen molar-refractivity contribution in [2.75, 3.05) is 29.6 Å². The molecule has 0 fully saturated rings. The second kappa shape index (κ2) is 11.2. The number of nitrogens with zero attached hydrogens (tertiary/aromatic N) is 3. The van der Waals surface area contributed by atoms with Gasteiger partial charge in [-0.05, 0) is 61.5 Å². The number of anilines is 2. The van der Waals surface area contributed by atoms with Crippen LogP contribution in [0.5, 0.6) is 5.75 Å². The molecule has 0 unspecified atom stereocenters. The Morgan fingerprint density at radius 3 is 2.32 bits per heavy atom. The van der Waals surface area contributed by atoms with Gasteiger partial charge in [0.05, 0.1) is 41.5 Å². The molecule has 0 aromatic heterocycles. The molecule has 3 aromatic rings. The van der Waals surface area contributed by atoms with Crippen molar-refractivity contribution >= 4 is 35.1 Å². The summed E-state index contributed by atoms with van der Waals surface area (Å²) in [5.74, 6) is -1.77. The molecule has 0 saturated carbocycles. The molecule has 9 nitrogen and oxygen atoms in total. The molecule has 3 amide bonds. The van der Waals surface area contributed by atoms with E-state index in [0.29, 0.717) is 23.7 Å². The lowest BCUT2D eigenvalue weighted by Gasteiger charge is -2.21. The first-order chi connectivity index (χ1) is 17.9. The molecule has 0 saturated heterocycles. The number of carbonyl (C=O) groups excluding carboxylic acids is 4. The van der Waals surface area contributed by atoms with E-state index < -0.39 is 30.3 Å². The maximum Gasteiger partial charge on any atom is 0.338 e. The molecule has 1 aliphatic rings. The SMILES string of the molecule is CCOc1ccc(N2C(=O)c3ccc(C(=O)OCC(=O)N(CCC#N)c4ccccc4)cc3C2=O)cc1. The molecule has 0 atom stereocenters. The molecular weight excluding hydrogens is 474 g/mol. The third-order valence-corrected chi connectivity index (χ3v) is 5.67. The van der Waals surface area contributed by atoms with E-state index >= 15 is 0 Å². The largest absolute Gasteiger partial charge is 0.494 e. The molecule has 1 aliphatic heterocycles. The van der Waals surface area contributed by atoms with Crippen molar-refractivity contribution in [3.05, 3.63) is 89.5 Å². The normalized spacial score (nSPS) is 12.1. The van der Waals surface area contributed by atoms with E-state index in [1.54, 1.807) is 54.6 Å². The Balaban J connectivity index is 1.46. The Morgan fingerprint density at radius 2 is 1.65 bits per heavy atom. The van der Waals surface area contributed by atoms with Gasteiger partial charge < -0.3 is 14.4 Å². The van der Waals surface area contributed by atoms with E-state index in [0.717, 1.165) is 4.90 Å². The van der Waals surface area contributed by atoms with Gasteiger partial charge in [-0.25, -0.2) is 9.69 Å². The van der Waals surface area contributed by atoms with E-state index in [9.17, 15) is 19.2 Å². The van der Waals surface area contributed by atoms with Gasteiger partial charge in [0.25, 0.3) is 17.7 Å². The number of nitriles is 1. The van der Waals surface area contributed by atoms with Gasteiger partial charge in [-0.3, -0.25) is 14.4 Å². The standard InChI is InChI=1S/C28H23N3O6/c1-2-36-22-12-10-21(11-13-22)31-26(33)23-14-9-19(17-24(23)27(31)34)28(35)37-18-25(32)30(16-6-15-29)20-7-4-3-5-8-20/h3-5,7-14,17H,2,6,16,18H2,1H3. The zero-order chi connectivity index (χ0) is 26.4. The number of esters is 1. The number of para-hydroxylation sites is 1. The van der Waals surface area contributed by atoms with Crippen molar-refractivity contribution in [3.63, 3.8) is 0 Å². The van der Waals surface area contributed by atoms with E-state index in [1.165, 1.54) is 23.1 Å². The maximum atomic E-state index is 13.0. The molecule has 3 aromatic carbocycles. The fourth-order valence-electron chi connectivity index (χ4n) is 3.92. The summed E-state index contributed by atoms with van der Waals surface area (Å²) in [6.07, 6.45) is 0.112. The van der Waals surface area contributed by atoms with Crippen LogP contribution in [0.3, 0.4) is 0 Å². The Morgan fingerprint density at radius 1 is 0.946 bits per heavy atom. The van der Waals surface area contributed by atoms with Gasteiger partial charge in [0, 0.05) is 12.2 Å². The summed E-state index contributed by atoms with van der Waals surface area (Å²) in [7, 11) is 0. The molecule has 0 bridgehead atoms. The average molecular weight is 498 g/mol. The highest BCUT2D eigenvalue weighted by Gasteiger charge is 2.37. The Hall–Kier alpha value is -4.97. The van der Waals surface area contributed by atoms with Crippen LogP contribution in [0.4, 0.5) is 11.4 Å². The molecule has 9 heteroatoms. The fraction of sp³-hybridized carbons (Fsp3) is 0.179. The summed E-state index contributed by atoms with van der Waals surface area (Å²) in [5, 5.41) is 8.92. The van der Waals surface area contributed by atoms with Crippen LogP contribution in [0.25, 0.3) is 0 Å². The van der Waals surface area contributed by atoms with E-state index in [2.05, 4.69) is 0 Å². The summed E-state index contributed by atoms with van der Waals surface area (Å²) in [6.45, 7) is 1.93. The van der Waals surface area contributed by atoms with Crippen LogP contribution in [-0.2, 0) is 9.53 Å². The molecule has 186 valence electrons. The predicted octanol–water partition coefficient (Wildman–Crippen LogP) is 3.99. The van der Waals surface area contributed by atoms with Gasteiger partial charge >= 0.3 is 5.97 Å². The number of benzene rings is 3. The quantitative estimate of drug-likeness (QED) is 0.324. The zero-order valence-corrected chi connectivity index (χ0v) is 20.0. The van der Waals surface area contributed by atoms with Crippen molar-refractivity contribution in [3.8, 4) is 11.8 Å². The lowest BCUT2D eigenvalue weighted by molar-refractivity contribution is -0.121. The first-order valence-electron chi connectivity index (χ1n) is 11.6. The van der Waals surface area contributed by atoms with Gasteiger partial charge in [0.15, 0.2) is 6.61 Å². The van der Waals surface area contributed by atoms with Crippen LogP contribution in [0.15, 0.2) is 72.8 Å². The summed E-state index contributed by atoms with van der Waals surface area (Å²) < 4.78 is 10.6. The van der Waals surface area contributed by atoms with Crippen LogP contribution >= 0.6 is 0 Å². The minimum Gasteiger partial charge on any atom is -0.494 e. The summed E-state index contributed by atoms with van der Waals surface area (Å²) in [5.41, 5.74) is 1.22. The Kier molecular flexibility index (Phi) is 7.59. The number of fused-ring (bicyclic) bond motifs is 1. The Bertz CT molecular complexity index is 1380. The highest BCUT2D eigenvalue weighted by atomic mass is 16.5. The number of amides is 3. The number of imide groups is 1. The highest BCUT2D eigenvalue weighted by molar-refractivity contribution is 6.34. The first-order valence-corrected chi connectivity index (χ1v) is 11.6. The molecule has 0 N–H and O–H groups in total. The van der Waals surface area contributed by atoms with Crippen LogP contribution in [-0.4, -0.2) is 43.4 Å². The average Bonchev–Trinajstić information content (AvgIpc) is 3.17. The highest BCUT2D eigenvalue weighted by Crippen LogP contribution is 2.30. The van der Waals surface area contributed by atoms with Crippen LogP contribution < -0.4 is 14.5 Å². The summed E-state index contributed by atoms with van der Waals surface area (Å²) >= 11 is 0. The third kappa shape index (κ3) is 5.33. The van der Waals surface area contributed by atoms with Gasteiger partial charge in [0.2, 0.25) is 0 Å². The zero-order valence-electron chi connectivity index (χ0n) is 20.0. The van der Waals surface area contributed by atoms with Crippen LogP contribution in [0.1, 0.15) is 44.4 Å². The topological polar surface area (TPSA) is 117 Å². The molecule has 4 rings (SSSR count). The summed E-state index contributed by atoms with van der Waals surface area (Å²) in [4.78, 5) is 53.8. The predicted molar refractivity (Wildman–Crippen MR) is 135 cm³/mol. The summed E-state index contributed by atoms with van der Waals surface area (Å²) in [6, 6.07) is 21.4. The van der Waals surface area contributed by atoms with Gasteiger partial charge in [-0.15, -0.1) is 0 Å². The number of ether oxygens (including phenoxy) is 2. The molecular formula is C28H23N3O6. The second-order valence-corrected chi connectivity index (χ2v) is 8.00. The van der Waals surface area contributed by atoms with Crippen molar-refractivity contribution in [2.45, 2.75) is 13.3 Å². The maximum absolute atomic E-state index is 13.0. The number of rotatable bonds is 9. The van der Waals surface area contributed by atoms with Gasteiger partial charge in [-0.1, -0.05) is 18.2 Å². The minimum absolute atomic E-state index is 0.0320. The van der Waals surface area contributed by atoms with E-state index in [1.807, 2.05) is 13.0 Å². The van der Waals surface area contributed by atoms with Gasteiger partial charge in [-0.2, -0.15) is 5.26 Å². The lowest BCUT2D eigenvalue weighted by Crippen LogP contribution is -2.35. The van der Waals surface area contributed by atoms with E-state index in [4.69, 9.17) is 14.7 Å². The monoisotopic (exact) mass is 497 g/mol. The Labute approximate surface area is 213 Å². The molecule has 0 radical (unpaired) electrons. The number of carbonyl (C=O) groups is 4. The lowest BCUT2D eigenvalue weighted by atomic mass is 10.1. The third-order valence-electron chi connectivity index (χ3n) is 5.67. The van der Waals surface area contributed by atoms with Crippen LogP contribution in [0, 0.1) is 11.3 Å². The fourth-order valence-corrected chi connectivity index (χ4v) is 3.92.